The second kappa shape index (κ2) is 7.03. The van der Waals surface area contributed by atoms with Gasteiger partial charge in [-0.25, -0.2) is 0 Å². The fourth-order valence-electron chi connectivity index (χ4n) is 2.63. The van der Waals surface area contributed by atoms with Gasteiger partial charge in [0.2, 0.25) is 0 Å². The Morgan fingerprint density at radius 3 is 2.40 bits per heavy atom. The first-order valence-corrected chi connectivity index (χ1v) is 8.72. The van der Waals surface area contributed by atoms with Gasteiger partial charge in [0, 0.05) is 31.0 Å². The Labute approximate surface area is 151 Å². The topological polar surface area (TPSA) is 58.1 Å². The molecule has 1 amide bonds. The monoisotopic (exact) mass is 352 g/mol. The fraction of sp³-hybridized carbons (Fsp3) is 0.211. The summed E-state index contributed by atoms with van der Waals surface area (Å²) >= 11 is 1.11. The van der Waals surface area contributed by atoms with Crippen molar-refractivity contribution >= 4 is 28.8 Å². The van der Waals surface area contributed by atoms with E-state index in [1.807, 2.05) is 38.4 Å². The minimum absolute atomic E-state index is 0.176. The van der Waals surface area contributed by atoms with Crippen LogP contribution in [0.5, 0.6) is 0 Å². The van der Waals surface area contributed by atoms with Crippen LogP contribution in [0.1, 0.15) is 20.9 Å². The second-order valence-electron chi connectivity index (χ2n) is 6.13. The van der Waals surface area contributed by atoms with Crippen LogP contribution in [0.3, 0.4) is 0 Å². The highest BCUT2D eigenvalue weighted by molar-refractivity contribution is 7.08. The zero-order valence-electron chi connectivity index (χ0n) is 14.7. The average molecular weight is 352 g/mol. The van der Waals surface area contributed by atoms with Gasteiger partial charge in [0.15, 0.2) is 0 Å². The number of carbonyl (C=O) groups excluding carboxylic acids is 1. The van der Waals surface area contributed by atoms with Gasteiger partial charge < -0.3 is 10.2 Å². The number of amides is 1. The number of aryl methyl sites for hydroxylation is 2. The van der Waals surface area contributed by atoms with Crippen LogP contribution in [-0.4, -0.2) is 29.6 Å². The van der Waals surface area contributed by atoms with Crippen molar-refractivity contribution in [3.63, 3.8) is 0 Å². The van der Waals surface area contributed by atoms with Crippen molar-refractivity contribution in [1.29, 1.82) is 0 Å². The highest BCUT2D eigenvalue weighted by Gasteiger charge is 2.13. The number of nitrogens with one attached hydrogen (secondary N) is 1. The molecule has 0 aliphatic heterocycles. The number of carbonyl (C=O) groups is 1. The second-order valence-corrected chi connectivity index (χ2v) is 6.89. The maximum atomic E-state index is 12.3. The molecule has 6 heteroatoms. The van der Waals surface area contributed by atoms with Crippen LogP contribution in [0.2, 0.25) is 0 Å². The molecule has 128 valence electrons. The number of rotatable bonds is 4. The van der Waals surface area contributed by atoms with Crippen molar-refractivity contribution in [3.05, 3.63) is 58.6 Å². The van der Waals surface area contributed by atoms with Gasteiger partial charge in [-0.15, -0.1) is 5.10 Å². The summed E-state index contributed by atoms with van der Waals surface area (Å²) < 4.78 is 3.80. The Morgan fingerprint density at radius 1 is 1.08 bits per heavy atom. The van der Waals surface area contributed by atoms with E-state index in [0.29, 0.717) is 10.6 Å². The molecule has 0 spiro atoms. The van der Waals surface area contributed by atoms with Crippen molar-refractivity contribution < 1.29 is 4.79 Å². The average Bonchev–Trinajstić information content (AvgIpc) is 3.01. The maximum absolute atomic E-state index is 12.3. The number of aromatic nitrogens is 2. The summed E-state index contributed by atoms with van der Waals surface area (Å²) in [6, 6.07) is 14.3. The first-order chi connectivity index (χ1) is 12.0. The molecule has 0 bridgehead atoms. The number of hydrogen-bond acceptors (Lipinski definition) is 5. The molecule has 0 radical (unpaired) electrons. The number of anilines is 2. The summed E-state index contributed by atoms with van der Waals surface area (Å²) in [6.07, 6.45) is 0. The quantitative estimate of drug-likeness (QED) is 0.767. The van der Waals surface area contributed by atoms with Crippen LogP contribution in [-0.2, 0) is 0 Å². The van der Waals surface area contributed by atoms with Gasteiger partial charge in [-0.3, -0.25) is 4.79 Å². The Morgan fingerprint density at radius 2 is 1.80 bits per heavy atom. The molecule has 2 aromatic carbocycles. The predicted octanol–water partition coefficient (Wildman–Crippen LogP) is 4.14. The van der Waals surface area contributed by atoms with E-state index in [1.165, 1.54) is 11.1 Å². The van der Waals surface area contributed by atoms with Crippen LogP contribution in [0.15, 0.2) is 42.5 Å². The third-order valence-corrected chi connectivity index (χ3v) is 4.77. The van der Waals surface area contributed by atoms with E-state index in [0.717, 1.165) is 28.5 Å². The third-order valence-electron chi connectivity index (χ3n) is 3.95. The highest BCUT2D eigenvalue weighted by atomic mass is 32.1. The van der Waals surface area contributed by atoms with Crippen molar-refractivity contribution in [2.45, 2.75) is 13.8 Å². The maximum Gasteiger partial charge on any atom is 0.269 e. The number of hydrogen-bond donors (Lipinski definition) is 1. The van der Waals surface area contributed by atoms with Crippen molar-refractivity contribution in [2.75, 3.05) is 24.3 Å². The number of nitrogens with zero attached hydrogens (tertiary/aromatic N) is 3. The van der Waals surface area contributed by atoms with Crippen LogP contribution < -0.4 is 10.2 Å². The van der Waals surface area contributed by atoms with E-state index in [4.69, 9.17) is 0 Å². The highest BCUT2D eigenvalue weighted by Crippen LogP contribution is 2.31. The molecule has 1 heterocycles. The normalized spacial score (nSPS) is 10.6. The molecule has 0 atom stereocenters. The minimum Gasteiger partial charge on any atom is -0.377 e. The van der Waals surface area contributed by atoms with Gasteiger partial charge in [0.25, 0.3) is 5.91 Å². The SMILES string of the molecule is Cc1ccc(N(C)C)c(-c2ccc(NC(=O)c3snnc3C)cc2)c1. The predicted molar refractivity (Wildman–Crippen MR) is 104 cm³/mol. The van der Waals surface area contributed by atoms with E-state index < -0.39 is 0 Å². The lowest BCUT2D eigenvalue weighted by atomic mass is 10.0. The Balaban J connectivity index is 1.85. The molecule has 1 aromatic heterocycles. The van der Waals surface area contributed by atoms with Gasteiger partial charge in [0.1, 0.15) is 4.88 Å². The Kier molecular flexibility index (Phi) is 4.81. The first-order valence-electron chi connectivity index (χ1n) is 7.94. The summed E-state index contributed by atoms with van der Waals surface area (Å²) in [7, 11) is 4.07. The number of benzene rings is 2. The lowest BCUT2D eigenvalue weighted by molar-refractivity contribution is 0.103. The van der Waals surface area contributed by atoms with Crippen molar-refractivity contribution in [3.8, 4) is 11.1 Å². The molecule has 0 aliphatic rings. The van der Waals surface area contributed by atoms with Gasteiger partial charge >= 0.3 is 0 Å². The molecule has 3 aromatic rings. The Bertz CT molecular complexity index is 900. The van der Waals surface area contributed by atoms with Gasteiger partial charge in [-0.2, -0.15) is 0 Å². The summed E-state index contributed by atoms with van der Waals surface area (Å²) in [5, 5.41) is 6.76. The summed E-state index contributed by atoms with van der Waals surface area (Å²) in [4.78, 5) is 14.9. The van der Waals surface area contributed by atoms with Crippen LogP contribution in [0.25, 0.3) is 11.1 Å². The standard InChI is InChI=1S/C19H20N4OS/c1-12-5-10-17(23(3)4)16(11-12)14-6-8-15(9-7-14)20-19(24)18-13(2)21-22-25-18/h5-11H,1-4H3,(H,20,24). The smallest absolute Gasteiger partial charge is 0.269 e. The summed E-state index contributed by atoms with van der Waals surface area (Å²) in [5.41, 5.74) is 6.06. The molecule has 0 unspecified atom stereocenters. The van der Waals surface area contributed by atoms with Crippen molar-refractivity contribution in [1.82, 2.24) is 9.59 Å². The lowest BCUT2D eigenvalue weighted by Gasteiger charge is -2.18. The molecule has 3 rings (SSSR count). The van der Waals surface area contributed by atoms with Gasteiger partial charge in [-0.05, 0) is 55.2 Å². The largest absolute Gasteiger partial charge is 0.377 e. The summed E-state index contributed by atoms with van der Waals surface area (Å²) in [6.45, 7) is 3.87. The molecule has 5 nitrogen and oxygen atoms in total. The van der Waals surface area contributed by atoms with Gasteiger partial charge in [0.05, 0.1) is 5.69 Å². The summed E-state index contributed by atoms with van der Waals surface area (Å²) in [5.74, 6) is -0.176. The first kappa shape index (κ1) is 17.1. The Hall–Kier alpha value is -2.73. The van der Waals surface area contributed by atoms with E-state index in [1.54, 1.807) is 6.92 Å². The molecule has 0 saturated heterocycles. The molecule has 0 fully saturated rings. The molecule has 25 heavy (non-hydrogen) atoms. The van der Waals surface area contributed by atoms with E-state index in [-0.39, 0.29) is 5.91 Å². The van der Waals surface area contributed by atoms with Crippen LogP contribution >= 0.6 is 11.5 Å². The van der Waals surface area contributed by atoms with Crippen LogP contribution in [0, 0.1) is 13.8 Å². The lowest BCUT2D eigenvalue weighted by Crippen LogP contribution is -2.11. The van der Waals surface area contributed by atoms with E-state index in [9.17, 15) is 4.79 Å². The molecule has 0 aliphatic carbocycles. The zero-order chi connectivity index (χ0) is 18.0. The van der Waals surface area contributed by atoms with E-state index >= 15 is 0 Å². The molecule has 0 saturated carbocycles. The zero-order valence-corrected chi connectivity index (χ0v) is 15.5. The van der Waals surface area contributed by atoms with Gasteiger partial charge in [-0.1, -0.05) is 28.3 Å². The molecule has 1 N–H and O–H groups in total. The van der Waals surface area contributed by atoms with Crippen LogP contribution in [0.4, 0.5) is 11.4 Å². The minimum atomic E-state index is -0.176. The van der Waals surface area contributed by atoms with Crippen molar-refractivity contribution in [2.24, 2.45) is 0 Å². The molecular weight excluding hydrogens is 332 g/mol. The molecular formula is C19H20N4OS. The van der Waals surface area contributed by atoms with E-state index in [2.05, 4.69) is 44.9 Å². The third kappa shape index (κ3) is 3.69. The fourth-order valence-corrected chi connectivity index (χ4v) is 3.18.